The lowest BCUT2D eigenvalue weighted by atomic mass is 9.92. The van der Waals surface area contributed by atoms with Crippen LogP contribution in [0.4, 0.5) is 22.7 Å². The topological polar surface area (TPSA) is 13.0 Å². The highest BCUT2D eigenvalue weighted by molar-refractivity contribution is 8.31. The van der Waals surface area contributed by atoms with Gasteiger partial charge in [-0.05, 0) is 99.5 Å². The Bertz CT molecular complexity index is 1940. The van der Waals surface area contributed by atoms with Crippen molar-refractivity contribution in [3.63, 3.8) is 0 Å². The van der Waals surface area contributed by atoms with Gasteiger partial charge in [0.1, 0.15) is 0 Å². The maximum Gasteiger partial charge on any atom is 0.373 e. The van der Waals surface area contributed by atoms with E-state index in [9.17, 15) is 0 Å². The highest BCUT2D eigenvalue weighted by Gasteiger charge is 2.61. The molecule has 2 heterocycles. The van der Waals surface area contributed by atoms with Crippen LogP contribution in [0, 0.1) is 0 Å². The first-order valence-corrected chi connectivity index (χ1v) is 22.6. The Morgan fingerprint density at radius 2 is 1.06 bits per heavy atom. The SMILES string of the molecule is C=C1C=C(C)N(c2c(C(C)C)cccc2C(C)C)[Si]2(SC(c3ccc(N(C)C)cc3)c3ccc(N(C)C)cc32)N1c1c(C(C)C)cccc1C(C)C. The summed E-state index contributed by atoms with van der Waals surface area (Å²) in [6.07, 6.45) is 2.37. The molecular formula is C46H60N4SSi. The summed E-state index contributed by atoms with van der Waals surface area (Å²) in [6, 6.07) is 30.6. The standard InChI is InChI=1S/C46H60N4SSi/c1-29(2)38-17-15-18-39(30(3)4)44(38)49-33(9)27-34(10)50(45-40(31(5)6)19-16-20-41(45)32(7)8)52(49)43-28-37(48(13)14)25-26-42(43)46(51-52)35-21-23-36(24-22-35)47(11)12/h15-32,46H,9H2,1-8,10-14H3. The summed E-state index contributed by atoms with van der Waals surface area (Å²) in [5.74, 6) is 1.40. The predicted octanol–water partition coefficient (Wildman–Crippen LogP) is 11.7. The van der Waals surface area contributed by atoms with Crippen molar-refractivity contribution in [1.29, 1.82) is 0 Å². The molecule has 0 N–H and O–H groups in total. The lowest BCUT2D eigenvalue weighted by Gasteiger charge is -2.54. The van der Waals surface area contributed by atoms with Crippen LogP contribution in [0.5, 0.6) is 0 Å². The first-order chi connectivity index (χ1) is 24.6. The molecule has 0 aliphatic carbocycles. The number of para-hydroxylation sites is 2. The minimum absolute atomic E-state index is 0.153. The zero-order valence-corrected chi connectivity index (χ0v) is 35.7. The van der Waals surface area contributed by atoms with E-state index in [4.69, 9.17) is 6.58 Å². The number of fused-ring (bicyclic) bond motifs is 2. The van der Waals surface area contributed by atoms with Gasteiger partial charge in [0.25, 0.3) is 0 Å². The van der Waals surface area contributed by atoms with Crippen LogP contribution >= 0.6 is 11.2 Å². The van der Waals surface area contributed by atoms with Crippen molar-refractivity contribution in [3.05, 3.63) is 136 Å². The van der Waals surface area contributed by atoms with Crippen molar-refractivity contribution >= 4 is 46.7 Å². The van der Waals surface area contributed by atoms with Crippen molar-refractivity contribution in [2.75, 3.05) is 47.1 Å². The van der Waals surface area contributed by atoms with Crippen molar-refractivity contribution in [2.45, 2.75) is 91.2 Å². The molecule has 2 unspecified atom stereocenters. The molecule has 0 saturated carbocycles. The van der Waals surface area contributed by atoms with Gasteiger partial charge in [-0.25, -0.2) is 0 Å². The van der Waals surface area contributed by atoms with Gasteiger partial charge in [0.2, 0.25) is 0 Å². The van der Waals surface area contributed by atoms with Gasteiger partial charge < -0.3 is 18.9 Å². The van der Waals surface area contributed by atoms with E-state index in [1.807, 2.05) is 0 Å². The molecule has 274 valence electrons. The highest BCUT2D eigenvalue weighted by Crippen LogP contribution is 2.58. The van der Waals surface area contributed by atoms with Crippen LogP contribution in [0.1, 0.15) is 125 Å². The molecule has 2 aliphatic heterocycles. The van der Waals surface area contributed by atoms with Gasteiger partial charge >= 0.3 is 7.55 Å². The molecule has 4 aromatic carbocycles. The number of hydrogen-bond donors (Lipinski definition) is 0. The molecule has 2 aliphatic rings. The molecule has 0 fully saturated rings. The fourth-order valence-corrected chi connectivity index (χ4v) is 18.0. The van der Waals surface area contributed by atoms with E-state index in [-0.39, 0.29) is 5.25 Å². The van der Waals surface area contributed by atoms with E-state index in [2.05, 4.69) is 206 Å². The third-order valence-electron chi connectivity index (χ3n) is 10.9. The quantitative estimate of drug-likeness (QED) is 0.159. The molecule has 1 spiro atoms. The van der Waals surface area contributed by atoms with Gasteiger partial charge in [0.05, 0.1) is 5.25 Å². The average molecular weight is 729 g/mol. The Morgan fingerprint density at radius 1 is 0.615 bits per heavy atom. The second kappa shape index (κ2) is 14.5. The molecule has 0 radical (unpaired) electrons. The van der Waals surface area contributed by atoms with E-state index in [1.165, 1.54) is 67.0 Å². The van der Waals surface area contributed by atoms with Gasteiger partial charge in [0.15, 0.2) is 0 Å². The van der Waals surface area contributed by atoms with Crippen LogP contribution in [0.3, 0.4) is 0 Å². The second-order valence-corrected chi connectivity index (χ2v) is 22.2. The summed E-state index contributed by atoms with van der Waals surface area (Å²) < 4.78 is 5.66. The maximum absolute atomic E-state index is 4.97. The van der Waals surface area contributed by atoms with E-state index >= 15 is 0 Å². The van der Waals surface area contributed by atoms with Gasteiger partial charge in [-0.3, -0.25) is 0 Å². The minimum atomic E-state index is -3.10. The van der Waals surface area contributed by atoms with Crippen LogP contribution in [0.15, 0.2) is 103 Å². The summed E-state index contributed by atoms with van der Waals surface area (Å²) in [7, 11) is 5.49. The Morgan fingerprint density at radius 3 is 1.50 bits per heavy atom. The van der Waals surface area contributed by atoms with Crippen LogP contribution < -0.4 is 24.1 Å². The zero-order valence-electron chi connectivity index (χ0n) is 33.9. The third kappa shape index (κ3) is 6.30. The Kier molecular flexibility index (Phi) is 10.6. The number of rotatable bonds is 9. The van der Waals surface area contributed by atoms with Crippen molar-refractivity contribution in [1.82, 2.24) is 0 Å². The van der Waals surface area contributed by atoms with Gasteiger partial charge in [-0.2, -0.15) is 0 Å². The number of anilines is 4. The third-order valence-corrected chi connectivity index (χ3v) is 18.9. The summed E-state index contributed by atoms with van der Waals surface area (Å²) in [4.78, 5) is 4.46. The van der Waals surface area contributed by atoms with Crippen LogP contribution in [-0.2, 0) is 0 Å². The summed E-state index contributed by atoms with van der Waals surface area (Å²) in [5.41, 5.74) is 15.9. The predicted molar refractivity (Wildman–Crippen MR) is 233 cm³/mol. The smallest absolute Gasteiger partial charge is 0.373 e. The molecule has 4 nitrogen and oxygen atoms in total. The van der Waals surface area contributed by atoms with Gasteiger partial charge in [0, 0.05) is 62.3 Å². The monoisotopic (exact) mass is 728 g/mol. The van der Waals surface area contributed by atoms with Crippen molar-refractivity contribution < 1.29 is 0 Å². The second-order valence-electron chi connectivity index (χ2n) is 16.4. The first kappa shape index (κ1) is 37.9. The van der Waals surface area contributed by atoms with Gasteiger partial charge in [-0.15, -0.1) is 11.2 Å². The van der Waals surface area contributed by atoms with Crippen LogP contribution in [-0.4, -0.2) is 35.7 Å². The summed E-state index contributed by atoms with van der Waals surface area (Å²) in [6.45, 7) is 26.1. The highest BCUT2D eigenvalue weighted by atomic mass is 32.4. The molecule has 4 aromatic rings. The van der Waals surface area contributed by atoms with E-state index < -0.39 is 7.55 Å². The lowest BCUT2D eigenvalue weighted by molar-refractivity contribution is 0.823. The first-order valence-electron chi connectivity index (χ1n) is 19.1. The number of hydrogen-bond acceptors (Lipinski definition) is 5. The molecular weight excluding hydrogens is 669 g/mol. The average Bonchev–Trinajstić information content (AvgIpc) is 3.41. The van der Waals surface area contributed by atoms with Crippen molar-refractivity contribution in [3.8, 4) is 0 Å². The largest absolute Gasteiger partial charge is 0.378 e. The fourth-order valence-electron chi connectivity index (χ4n) is 8.23. The van der Waals surface area contributed by atoms with E-state index in [0.717, 1.165) is 5.70 Å². The number of benzene rings is 4. The molecule has 0 bridgehead atoms. The lowest BCUT2D eigenvalue weighted by Crippen LogP contribution is -2.71. The summed E-state index contributed by atoms with van der Waals surface area (Å²) in [5, 5.41) is 1.61. The summed E-state index contributed by atoms with van der Waals surface area (Å²) >= 11 is 2.20. The number of allylic oxidation sites excluding steroid dienone is 2. The maximum atomic E-state index is 4.97. The molecule has 6 rings (SSSR count). The van der Waals surface area contributed by atoms with Crippen molar-refractivity contribution in [2.24, 2.45) is 0 Å². The Labute approximate surface area is 320 Å². The molecule has 6 heteroatoms. The minimum Gasteiger partial charge on any atom is -0.378 e. The van der Waals surface area contributed by atoms with E-state index in [0.29, 0.717) is 23.7 Å². The number of nitrogens with zero attached hydrogens (tertiary/aromatic N) is 4. The molecule has 0 amide bonds. The fraction of sp³-hybridized carbons (Fsp3) is 0.391. The van der Waals surface area contributed by atoms with Crippen LogP contribution in [0.2, 0.25) is 0 Å². The Hall–Kier alpha value is -3.87. The van der Waals surface area contributed by atoms with Crippen LogP contribution in [0.25, 0.3) is 0 Å². The molecule has 0 saturated heterocycles. The Balaban J connectivity index is 1.81. The van der Waals surface area contributed by atoms with E-state index in [1.54, 1.807) is 0 Å². The van der Waals surface area contributed by atoms with Gasteiger partial charge in [-0.1, -0.05) is 117 Å². The molecule has 2 atom stereocenters. The molecule has 0 aromatic heterocycles. The zero-order chi connectivity index (χ0) is 37.8. The normalized spacial score (nSPS) is 18.7. The molecule has 52 heavy (non-hydrogen) atoms.